The van der Waals surface area contributed by atoms with Crippen molar-refractivity contribution in [2.24, 2.45) is 5.73 Å². The summed E-state index contributed by atoms with van der Waals surface area (Å²) in [5, 5.41) is 5.48. The molecule has 1 fully saturated rings. The molecule has 0 spiro atoms. The van der Waals surface area contributed by atoms with Crippen molar-refractivity contribution in [3.05, 3.63) is 24.0 Å². The number of nitrogens with two attached hydrogens (primary N) is 2. The first-order valence-corrected chi connectivity index (χ1v) is 7.92. The highest BCUT2D eigenvalue weighted by molar-refractivity contribution is 5.95. The maximum Gasteiger partial charge on any atom is 0.223 e. The third-order valence-corrected chi connectivity index (χ3v) is 4.61. The number of nitrogen functional groups attached to an aromatic ring is 1. The summed E-state index contributed by atoms with van der Waals surface area (Å²) in [6, 6.07) is 5.98. The number of para-hydroxylation sites is 1. The van der Waals surface area contributed by atoms with Crippen molar-refractivity contribution in [1.82, 2.24) is 19.6 Å². The number of methoxy groups -OCH3 is 1. The van der Waals surface area contributed by atoms with Crippen molar-refractivity contribution in [3.63, 3.8) is 0 Å². The standard InChI is InChI=1S/C16H20N6O/c1-23-12-7-3-6-11-13(12)19-16(18)22-15(11)20-14(21-22)9-4-2-5-10(17)8-9/h3,6-7,9-10H,2,4-5,8,17H2,1H3,(H2,18,19). The average Bonchev–Trinajstić information content (AvgIpc) is 3.01. The number of ether oxygens (including phenoxy) is 1. The highest BCUT2D eigenvalue weighted by atomic mass is 16.5. The Morgan fingerprint density at radius 3 is 2.91 bits per heavy atom. The predicted molar refractivity (Wildman–Crippen MR) is 88.4 cm³/mol. The van der Waals surface area contributed by atoms with E-state index < -0.39 is 0 Å². The lowest BCUT2D eigenvalue weighted by atomic mass is 9.86. The monoisotopic (exact) mass is 312 g/mol. The van der Waals surface area contributed by atoms with E-state index in [1.165, 1.54) is 0 Å². The Bertz CT molecular complexity index is 874. The molecule has 1 aromatic carbocycles. The molecule has 4 rings (SSSR count). The first kappa shape index (κ1) is 14.2. The smallest absolute Gasteiger partial charge is 0.223 e. The topological polar surface area (TPSA) is 104 Å². The maximum absolute atomic E-state index is 6.10. The van der Waals surface area contributed by atoms with Crippen molar-refractivity contribution in [2.45, 2.75) is 37.6 Å². The molecule has 23 heavy (non-hydrogen) atoms. The molecule has 120 valence electrons. The molecule has 1 aliphatic carbocycles. The summed E-state index contributed by atoms with van der Waals surface area (Å²) in [5.41, 5.74) is 13.6. The van der Waals surface area contributed by atoms with Crippen LogP contribution in [0.1, 0.15) is 37.4 Å². The van der Waals surface area contributed by atoms with Gasteiger partial charge in [-0.05, 0) is 31.4 Å². The summed E-state index contributed by atoms with van der Waals surface area (Å²) in [6.07, 6.45) is 4.18. The van der Waals surface area contributed by atoms with Gasteiger partial charge in [0.15, 0.2) is 11.5 Å². The van der Waals surface area contributed by atoms with Crippen molar-refractivity contribution in [2.75, 3.05) is 12.8 Å². The van der Waals surface area contributed by atoms with Gasteiger partial charge in [0.25, 0.3) is 0 Å². The molecule has 0 bridgehead atoms. The van der Waals surface area contributed by atoms with Gasteiger partial charge in [0.2, 0.25) is 5.95 Å². The van der Waals surface area contributed by atoms with E-state index in [9.17, 15) is 0 Å². The minimum Gasteiger partial charge on any atom is -0.494 e. The molecular formula is C16H20N6O. The van der Waals surface area contributed by atoms with E-state index in [0.29, 0.717) is 23.1 Å². The lowest BCUT2D eigenvalue weighted by molar-refractivity contribution is 0.382. The number of anilines is 1. The fraction of sp³-hybridized carbons (Fsp3) is 0.438. The Morgan fingerprint density at radius 2 is 2.13 bits per heavy atom. The summed E-state index contributed by atoms with van der Waals surface area (Å²) >= 11 is 0. The zero-order valence-electron chi connectivity index (χ0n) is 13.1. The molecule has 2 heterocycles. The minimum atomic E-state index is 0.229. The van der Waals surface area contributed by atoms with Crippen LogP contribution in [0.25, 0.3) is 16.6 Å². The van der Waals surface area contributed by atoms with Crippen LogP contribution in [-0.4, -0.2) is 32.7 Å². The van der Waals surface area contributed by atoms with E-state index in [4.69, 9.17) is 21.2 Å². The molecule has 7 nitrogen and oxygen atoms in total. The van der Waals surface area contributed by atoms with Crippen molar-refractivity contribution in [3.8, 4) is 5.75 Å². The van der Waals surface area contributed by atoms with Crippen LogP contribution in [-0.2, 0) is 0 Å². The van der Waals surface area contributed by atoms with Crippen LogP contribution in [0.5, 0.6) is 5.75 Å². The highest BCUT2D eigenvalue weighted by Crippen LogP contribution is 2.32. The molecule has 2 atom stereocenters. The van der Waals surface area contributed by atoms with Crippen LogP contribution >= 0.6 is 0 Å². The molecule has 2 aromatic heterocycles. The van der Waals surface area contributed by atoms with Gasteiger partial charge in [-0.15, -0.1) is 5.10 Å². The second-order valence-corrected chi connectivity index (χ2v) is 6.16. The predicted octanol–water partition coefficient (Wildman–Crippen LogP) is 1.85. The van der Waals surface area contributed by atoms with Gasteiger partial charge < -0.3 is 16.2 Å². The van der Waals surface area contributed by atoms with Crippen LogP contribution < -0.4 is 16.2 Å². The number of nitrogens with zero attached hydrogens (tertiary/aromatic N) is 4. The Kier molecular flexibility index (Phi) is 3.30. The van der Waals surface area contributed by atoms with Crippen LogP contribution in [0.4, 0.5) is 5.95 Å². The van der Waals surface area contributed by atoms with Crippen molar-refractivity contribution < 1.29 is 4.74 Å². The molecule has 0 aliphatic heterocycles. The van der Waals surface area contributed by atoms with Gasteiger partial charge in [-0.2, -0.15) is 4.52 Å². The first-order valence-electron chi connectivity index (χ1n) is 7.92. The van der Waals surface area contributed by atoms with E-state index >= 15 is 0 Å². The zero-order valence-corrected chi connectivity index (χ0v) is 13.1. The van der Waals surface area contributed by atoms with Crippen LogP contribution in [0, 0.1) is 0 Å². The number of rotatable bonds is 2. The van der Waals surface area contributed by atoms with E-state index in [1.807, 2.05) is 18.2 Å². The second-order valence-electron chi connectivity index (χ2n) is 6.16. The fourth-order valence-corrected chi connectivity index (χ4v) is 3.44. The van der Waals surface area contributed by atoms with E-state index in [-0.39, 0.29) is 6.04 Å². The Morgan fingerprint density at radius 1 is 1.26 bits per heavy atom. The summed E-state index contributed by atoms with van der Waals surface area (Å²) in [5.74, 6) is 2.10. The van der Waals surface area contributed by atoms with Gasteiger partial charge in [-0.3, -0.25) is 0 Å². The lowest BCUT2D eigenvalue weighted by Gasteiger charge is -2.24. The van der Waals surface area contributed by atoms with Gasteiger partial charge >= 0.3 is 0 Å². The third kappa shape index (κ3) is 2.28. The molecule has 4 N–H and O–H groups in total. The third-order valence-electron chi connectivity index (χ3n) is 4.61. The second kappa shape index (κ2) is 5.34. The minimum absolute atomic E-state index is 0.229. The number of fused-ring (bicyclic) bond motifs is 3. The molecule has 2 unspecified atom stereocenters. The molecular weight excluding hydrogens is 292 g/mol. The first-order chi connectivity index (χ1) is 11.2. The van der Waals surface area contributed by atoms with Gasteiger partial charge in [0.05, 0.1) is 7.11 Å². The Labute approximate surface area is 133 Å². The maximum atomic E-state index is 6.10. The van der Waals surface area contributed by atoms with Gasteiger partial charge in [0, 0.05) is 17.3 Å². The highest BCUT2D eigenvalue weighted by Gasteiger charge is 2.25. The molecule has 1 saturated carbocycles. The van der Waals surface area contributed by atoms with Crippen molar-refractivity contribution >= 4 is 22.5 Å². The Balaban J connectivity index is 1.90. The number of hydrogen-bond donors (Lipinski definition) is 2. The van der Waals surface area contributed by atoms with Crippen LogP contribution in [0.15, 0.2) is 18.2 Å². The summed E-state index contributed by atoms with van der Waals surface area (Å²) in [7, 11) is 1.62. The average molecular weight is 312 g/mol. The van der Waals surface area contributed by atoms with Crippen LogP contribution in [0.3, 0.4) is 0 Å². The SMILES string of the molecule is COc1cccc2c1nc(N)n1nc(C3CCCC(N)C3)nc21. The fourth-order valence-electron chi connectivity index (χ4n) is 3.44. The van der Waals surface area contributed by atoms with Crippen LogP contribution in [0.2, 0.25) is 0 Å². The van der Waals surface area contributed by atoms with E-state index in [0.717, 1.165) is 42.5 Å². The van der Waals surface area contributed by atoms with E-state index in [2.05, 4.69) is 10.1 Å². The summed E-state index contributed by atoms with van der Waals surface area (Å²) in [4.78, 5) is 9.19. The quantitative estimate of drug-likeness (QED) is 0.748. The van der Waals surface area contributed by atoms with E-state index in [1.54, 1.807) is 11.6 Å². The molecule has 7 heteroatoms. The molecule has 0 saturated heterocycles. The van der Waals surface area contributed by atoms with Gasteiger partial charge in [0.1, 0.15) is 11.3 Å². The number of aromatic nitrogens is 4. The Hall–Kier alpha value is -2.41. The van der Waals surface area contributed by atoms with Gasteiger partial charge in [-0.25, -0.2) is 9.97 Å². The summed E-state index contributed by atoms with van der Waals surface area (Å²) in [6.45, 7) is 0. The largest absolute Gasteiger partial charge is 0.494 e. The number of hydrogen-bond acceptors (Lipinski definition) is 6. The molecule has 3 aromatic rings. The molecule has 0 amide bonds. The molecule has 0 radical (unpaired) electrons. The normalized spacial score (nSPS) is 21.8. The molecule has 1 aliphatic rings. The zero-order chi connectivity index (χ0) is 16.0. The lowest BCUT2D eigenvalue weighted by Crippen LogP contribution is -2.27. The van der Waals surface area contributed by atoms with Gasteiger partial charge in [-0.1, -0.05) is 12.5 Å². The number of benzene rings is 1. The van der Waals surface area contributed by atoms with Crippen molar-refractivity contribution in [1.29, 1.82) is 0 Å². The summed E-state index contributed by atoms with van der Waals surface area (Å²) < 4.78 is 7.00.